The van der Waals surface area contributed by atoms with Crippen LogP contribution in [0, 0.1) is 0 Å². The van der Waals surface area contributed by atoms with Gasteiger partial charge in [0.2, 0.25) is 19.3 Å². The zero-order valence-corrected chi connectivity index (χ0v) is 26.6. The molecular weight excluding hydrogens is 523 g/mol. The molecule has 2 aromatic rings. The van der Waals surface area contributed by atoms with Crippen molar-refractivity contribution in [2.45, 2.75) is 97.0 Å². The maximum absolute atomic E-state index is 13.7. The predicted octanol–water partition coefficient (Wildman–Crippen LogP) is 9.95. The minimum absolute atomic E-state index is 0.0536. The highest BCUT2D eigenvalue weighted by atomic mass is 35.5. The SMILES string of the molecule is C=C/C(Cl)=C\C=C(C)C.CCCB(CCC)C(=O)B1CCC(C(=O)N[C@@H](C)c2ccccc2)(c2ccccc2)CC1. The summed E-state index contributed by atoms with van der Waals surface area (Å²) in [5.74, 6) is 0.0876. The van der Waals surface area contributed by atoms with Crippen molar-refractivity contribution in [2.24, 2.45) is 0 Å². The topological polar surface area (TPSA) is 46.2 Å². The van der Waals surface area contributed by atoms with E-state index in [0.717, 1.165) is 62.1 Å². The first kappa shape index (κ1) is 34.4. The minimum Gasteiger partial charge on any atom is -0.349 e. The van der Waals surface area contributed by atoms with Gasteiger partial charge in [0.1, 0.15) is 0 Å². The van der Waals surface area contributed by atoms with Crippen molar-refractivity contribution >= 4 is 36.5 Å². The third-order valence-electron chi connectivity index (χ3n) is 8.10. The Morgan fingerprint density at radius 3 is 2.00 bits per heavy atom. The summed E-state index contributed by atoms with van der Waals surface area (Å²) in [4.78, 5) is 27.0. The zero-order valence-electron chi connectivity index (χ0n) is 25.8. The lowest BCUT2D eigenvalue weighted by Gasteiger charge is -2.39. The maximum atomic E-state index is 13.7. The molecular formula is C35H48B2ClNO2. The standard InChI is InChI=1S/C27H37B2NO2.C8H11Cl/c1-4-18-28(19-5-2)26(32)29-20-16-27(17-21-29,24-14-10-7-11-15-24)25(31)30-22(3)23-12-8-6-9-13-23;1-4-8(9)6-5-7(2)3/h6-15,22H,4-5,16-21H2,1-3H3,(H,30,31);4-6H,1H2,2-3H3/b;8-6+/t22-;/m0./s1. The maximum Gasteiger partial charge on any atom is 0.231 e. The van der Waals surface area contributed by atoms with Crippen LogP contribution in [-0.2, 0) is 10.2 Å². The van der Waals surface area contributed by atoms with Crippen molar-refractivity contribution in [3.63, 3.8) is 0 Å². The molecule has 3 nitrogen and oxygen atoms in total. The highest BCUT2D eigenvalue weighted by Gasteiger charge is 2.46. The lowest BCUT2D eigenvalue weighted by atomic mass is 9.21. The van der Waals surface area contributed by atoms with E-state index >= 15 is 0 Å². The fraction of sp³-hybridized carbons (Fsp3) is 0.429. The zero-order chi connectivity index (χ0) is 30.3. The van der Waals surface area contributed by atoms with Crippen molar-refractivity contribution in [1.29, 1.82) is 0 Å². The van der Waals surface area contributed by atoms with Gasteiger partial charge >= 0.3 is 0 Å². The first-order valence-corrected chi connectivity index (χ1v) is 15.6. The molecule has 0 saturated carbocycles. The second kappa shape index (κ2) is 17.9. The van der Waals surface area contributed by atoms with Gasteiger partial charge in [0.25, 0.3) is 0 Å². The number of amides is 1. The van der Waals surface area contributed by atoms with Crippen LogP contribution in [0.3, 0.4) is 0 Å². The molecule has 0 aliphatic carbocycles. The molecule has 1 heterocycles. The number of nitrogens with one attached hydrogen (secondary N) is 1. The molecule has 1 amide bonds. The second-order valence-electron chi connectivity index (χ2n) is 11.5. The fourth-order valence-electron chi connectivity index (χ4n) is 5.73. The Balaban J connectivity index is 0.000000564. The number of rotatable bonds is 12. The first-order chi connectivity index (χ1) is 19.7. The predicted molar refractivity (Wildman–Crippen MR) is 181 cm³/mol. The number of carbonyl (C=O) groups is 2. The van der Waals surface area contributed by atoms with Crippen LogP contribution in [-0.4, -0.2) is 24.9 Å². The Bertz CT molecular complexity index is 1150. The summed E-state index contributed by atoms with van der Waals surface area (Å²) in [6.45, 7) is 14.2. The Morgan fingerprint density at radius 1 is 0.976 bits per heavy atom. The van der Waals surface area contributed by atoms with Gasteiger partial charge in [-0.2, -0.15) is 0 Å². The highest BCUT2D eigenvalue weighted by Crippen LogP contribution is 2.41. The van der Waals surface area contributed by atoms with Crippen LogP contribution < -0.4 is 5.32 Å². The molecule has 2 aromatic carbocycles. The minimum atomic E-state index is -0.563. The van der Waals surface area contributed by atoms with Crippen LogP contribution in [0.25, 0.3) is 0 Å². The number of benzene rings is 2. The summed E-state index contributed by atoms with van der Waals surface area (Å²) in [7, 11) is 0. The van der Waals surface area contributed by atoms with Gasteiger partial charge in [-0.15, -0.1) is 0 Å². The molecule has 1 atom stereocenters. The van der Waals surface area contributed by atoms with E-state index in [1.807, 2.05) is 69.3 Å². The lowest BCUT2D eigenvalue weighted by Crippen LogP contribution is -2.50. The Kier molecular flexibility index (Phi) is 15.0. The van der Waals surface area contributed by atoms with Crippen molar-refractivity contribution in [2.75, 3.05) is 0 Å². The highest BCUT2D eigenvalue weighted by molar-refractivity contribution is 7.18. The summed E-state index contributed by atoms with van der Waals surface area (Å²) >= 11 is 5.61. The van der Waals surface area contributed by atoms with Crippen LogP contribution in [0.5, 0.6) is 0 Å². The quantitative estimate of drug-likeness (QED) is 0.203. The molecule has 1 aliphatic heterocycles. The molecule has 1 N–H and O–H groups in total. The Labute approximate surface area is 255 Å². The van der Waals surface area contributed by atoms with E-state index in [9.17, 15) is 9.59 Å². The van der Waals surface area contributed by atoms with Crippen LogP contribution in [0.4, 0.5) is 4.79 Å². The number of halogens is 1. The molecule has 3 rings (SSSR count). The molecule has 6 heteroatoms. The van der Waals surface area contributed by atoms with E-state index in [1.165, 1.54) is 5.57 Å². The monoisotopic (exact) mass is 571 g/mol. The molecule has 0 bridgehead atoms. The largest absolute Gasteiger partial charge is 0.349 e. The van der Waals surface area contributed by atoms with Crippen molar-refractivity contribution in [3.8, 4) is 0 Å². The second-order valence-corrected chi connectivity index (χ2v) is 11.9. The van der Waals surface area contributed by atoms with Gasteiger partial charge in [0.15, 0.2) is 0 Å². The van der Waals surface area contributed by atoms with Gasteiger partial charge in [-0.05, 0) is 50.8 Å². The Morgan fingerprint density at radius 2 is 1.51 bits per heavy atom. The number of allylic oxidation sites excluding steroid dienone is 5. The van der Waals surface area contributed by atoms with Gasteiger partial charge in [-0.3, -0.25) is 4.79 Å². The molecule has 41 heavy (non-hydrogen) atoms. The Hall–Kier alpha value is -2.78. The van der Waals surface area contributed by atoms with E-state index in [4.69, 9.17) is 11.6 Å². The van der Waals surface area contributed by atoms with Crippen molar-refractivity contribution in [1.82, 2.24) is 5.32 Å². The van der Waals surface area contributed by atoms with E-state index in [1.54, 1.807) is 6.08 Å². The molecule has 1 fully saturated rings. The molecule has 0 unspecified atom stereocenters. The van der Waals surface area contributed by atoms with E-state index < -0.39 is 5.41 Å². The molecule has 0 aromatic heterocycles. The van der Waals surface area contributed by atoms with E-state index in [-0.39, 0.29) is 25.4 Å². The fourth-order valence-corrected chi connectivity index (χ4v) is 5.80. The number of carbonyl (C=O) groups excluding carboxylic acids is 2. The summed E-state index contributed by atoms with van der Waals surface area (Å²) in [5, 5.41) is 3.97. The first-order valence-electron chi connectivity index (χ1n) is 15.3. The summed E-state index contributed by atoms with van der Waals surface area (Å²) in [6.07, 6.45) is 12.5. The number of hydrogen-bond donors (Lipinski definition) is 1. The number of hydrogen-bond acceptors (Lipinski definition) is 2. The molecule has 0 spiro atoms. The van der Waals surface area contributed by atoms with Crippen LogP contribution in [0.1, 0.15) is 77.5 Å². The molecule has 0 radical (unpaired) electrons. The average Bonchev–Trinajstić information content (AvgIpc) is 3.00. The van der Waals surface area contributed by atoms with Gasteiger partial charge in [0, 0.05) is 5.03 Å². The average molecular weight is 572 g/mol. The van der Waals surface area contributed by atoms with Gasteiger partial charge in [0.05, 0.1) is 17.0 Å². The van der Waals surface area contributed by atoms with Gasteiger partial charge < -0.3 is 10.1 Å². The summed E-state index contributed by atoms with van der Waals surface area (Å²) in [5.41, 5.74) is 3.28. The van der Waals surface area contributed by atoms with E-state index in [2.05, 4.69) is 50.0 Å². The van der Waals surface area contributed by atoms with Crippen molar-refractivity contribution in [3.05, 3.63) is 107 Å². The van der Waals surface area contributed by atoms with Gasteiger partial charge in [-0.1, -0.05) is 149 Å². The molecule has 218 valence electrons. The third kappa shape index (κ3) is 10.5. The summed E-state index contributed by atoms with van der Waals surface area (Å²) < 4.78 is 0. The molecule has 1 saturated heterocycles. The summed E-state index contributed by atoms with van der Waals surface area (Å²) in [6, 6.07) is 20.2. The van der Waals surface area contributed by atoms with Gasteiger partial charge in [-0.25, -0.2) is 0 Å². The lowest BCUT2D eigenvalue weighted by molar-refractivity contribution is -0.128. The van der Waals surface area contributed by atoms with E-state index in [0.29, 0.717) is 10.6 Å². The van der Waals surface area contributed by atoms with Crippen molar-refractivity contribution < 1.29 is 9.59 Å². The smallest absolute Gasteiger partial charge is 0.231 e. The van der Waals surface area contributed by atoms with Crippen LogP contribution in [0.2, 0.25) is 25.3 Å². The third-order valence-corrected chi connectivity index (χ3v) is 8.38. The van der Waals surface area contributed by atoms with Crippen LogP contribution >= 0.6 is 11.6 Å². The molecule has 1 aliphatic rings. The normalized spacial score (nSPS) is 15.1. The van der Waals surface area contributed by atoms with Crippen LogP contribution in [0.15, 0.2) is 96.1 Å².